The molecule has 0 saturated carbocycles. The molecule has 0 bridgehead atoms. The van der Waals surface area contributed by atoms with Crippen LogP contribution in [0.25, 0.3) is 0 Å². The molecule has 1 aliphatic heterocycles. The molecule has 0 aliphatic carbocycles. The first-order valence-corrected chi connectivity index (χ1v) is 9.02. The van der Waals surface area contributed by atoms with Gasteiger partial charge in [-0.1, -0.05) is 42.5 Å². The fraction of sp³-hybridized carbons (Fsp3) is 0.211. The lowest BCUT2D eigenvalue weighted by atomic mass is 10.0. The van der Waals surface area contributed by atoms with Crippen molar-refractivity contribution >= 4 is 35.0 Å². The van der Waals surface area contributed by atoms with Gasteiger partial charge in [0, 0.05) is 16.9 Å². The average Bonchev–Trinajstić information content (AvgIpc) is 2.68. The summed E-state index contributed by atoms with van der Waals surface area (Å²) in [7, 11) is 0. The Morgan fingerprint density at radius 1 is 1.15 bits per heavy atom. The van der Waals surface area contributed by atoms with Crippen molar-refractivity contribution in [2.24, 2.45) is 0 Å². The summed E-state index contributed by atoms with van der Waals surface area (Å²) in [6, 6.07) is 15.4. The molecule has 0 radical (unpaired) electrons. The summed E-state index contributed by atoms with van der Waals surface area (Å²) in [4.78, 5) is 39.7. The topological polar surface area (TPSA) is 86.7 Å². The molecule has 1 heterocycles. The van der Waals surface area contributed by atoms with Gasteiger partial charge in [-0.3, -0.25) is 24.5 Å². The third-order valence-corrected chi connectivity index (χ3v) is 5.48. The maximum atomic E-state index is 13.0. The minimum atomic E-state index is -0.716. The standard InChI is InChI=1S/C19H18N2O4S/c1-12(18(23)13-7-3-2-4-8-13)21-14-9-5-6-10-15(14)26-16(19(21)24)11-17(22)20-25/h2-10,12,16,25H,11H2,1H3,(H,20,22). The SMILES string of the molecule is CC(C(=O)c1ccccc1)N1C(=O)C(CC(=O)NO)Sc2ccccc21. The van der Waals surface area contributed by atoms with Gasteiger partial charge in [0.15, 0.2) is 5.78 Å². The largest absolute Gasteiger partial charge is 0.300 e. The molecular weight excluding hydrogens is 352 g/mol. The van der Waals surface area contributed by atoms with Crippen LogP contribution >= 0.6 is 11.8 Å². The van der Waals surface area contributed by atoms with E-state index in [9.17, 15) is 14.4 Å². The molecule has 2 atom stereocenters. The number of thioether (sulfide) groups is 1. The Morgan fingerprint density at radius 2 is 1.81 bits per heavy atom. The first kappa shape index (κ1) is 18.2. The normalized spacial score (nSPS) is 17.4. The maximum Gasteiger partial charge on any atom is 0.244 e. The third kappa shape index (κ3) is 3.49. The molecule has 7 heteroatoms. The zero-order valence-electron chi connectivity index (χ0n) is 14.1. The van der Waals surface area contributed by atoms with Crippen molar-refractivity contribution in [3.05, 3.63) is 60.2 Å². The van der Waals surface area contributed by atoms with Gasteiger partial charge in [0.05, 0.1) is 17.0 Å². The van der Waals surface area contributed by atoms with Gasteiger partial charge in [0.2, 0.25) is 11.8 Å². The molecule has 2 N–H and O–H groups in total. The number of hydrogen-bond donors (Lipinski definition) is 2. The molecule has 3 rings (SSSR count). The number of nitrogens with one attached hydrogen (secondary N) is 1. The van der Waals surface area contributed by atoms with Gasteiger partial charge in [0.1, 0.15) is 0 Å². The Labute approximate surface area is 155 Å². The van der Waals surface area contributed by atoms with E-state index in [1.54, 1.807) is 48.8 Å². The van der Waals surface area contributed by atoms with E-state index in [-0.39, 0.29) is 18.1 Å². The zero-order chi connectivity index (χ0) is 18.7. The van der Waals surface area contributed by atoms with Crippen molar-refractivity contribution in [1.82, 2.24) is 5.48 Å². The number of hydroxylamine groups is 1. The van der Waals surface area contributed by atoms with Crippen molar-refractivity contribution in [1.29, 1.82) is 0 Å². The van der Waals surface area contributed by atoms with Crippen LogP contribution in [0.1, 0.15) is 23.7 Å². The Hall–Kier alpha value is -2.64. The number of fused-ring (bicyclic) bond motifs is 1. The molecule has 134 valence electrons. The van der Waals surface area contributed by atoms with Crippen LogP contribution in [0.2, 0.25) is 0 Å². The van der Waals surface area contributed by atoms with Crippen molar-refractivity contribution in [2.45, 2.75) is 29.5 Å². The van der Waals surface area contributed by atoms with Crippen molar-refractivity contribution in [2.75, 3.05) is 4.90 Å². The third-order valence-electron chi connectivity index (χ3n) is 4.23. The predicted octanol–water partition coefficient (Wildman–Crippen LogP) is 2.66. The molecule has 1 aliphatic rings. The van der Waals surface area contributed by atoms with Crippen LogP contribution in [0, 0.1) is 0 Å². The van der Waals surface area contributed by atoms with Crippen molar-refractivity contribution < 1.29 is 19.6 Å². The molecule has 2 unspecified atom stereocenters. The van der Waals surface area contributed by atoms with Crippen LogP contribution < -0.4 is 10.4 Å². The summed E-state index contributed by atoms with van der Waals surface area (Å²) >= 11 is 1.26. The molecule has 0 fully saturated rings. The summed E-state index contributed by atoms with van der Waals surface area (Å²) in [6.07, 6.45) is -0.170. The average molecular weight is 370 g/mol. The number of carbonyl (C=O) groups is 3. The summed E-state index contributed by atoms with van der Waals surface area (Å²) in [5, 5.41) is 8.07. The molecule has 2 aromatic rings. The van der Waals surface area contributed by atoms with Crippen LogP contribution in [-0.2, 0) is 9.59 Å². The van der Waals surface area contributed by atoms with Gasteiger partial charge in [-0.2, -0.15) is 0 Å². The molecule has 0 spiro atoms. The number of rotatable bonds is 5. The quantitative estimate of drug-likeness (QED) is 0.480. The summed E-state index contributed by atoms with van der Waals surface area (Å²) in [5.74, 6) is -1.14. The smallest absolute Gasteiger partial charge is 0.244 e. The predicted molar refractivity (Wildman–Crippen MR) is 98.4 cm³/mol. The zero-order valence-corrected chi connectivity index (χ0v) is 14.9. The summed E-state index contributed by atoms with van der Waals surface area (Å²) in [5.41, 5.74) is 2.73. The van der Waals surface area contributed by atoms with E-state index in [4.69, 9.17) is 5.21 Å². The van der Waals surface area contributed by atoms with Crippen LogP contribution in [0.5, 0.6) is 0 Å². The lowest BCUT2D eigenvalue weighted by molar-refractivity contribution is -0.131. The van der Waals surface area contributed by atoms with E-state index in [0.717, 1.165) is 4.90 Å². The van der Waals surface area contributed by atoms with Gasteiger partial charge in [0.25, 0.3) is 0 Å². The minimum Gasteiger partial charge on any atom is -0.300 e. The molecule has 2 aromatic carbocycles. The highest BCUT2D eigenvalue weighted by atomic mass is 32.2. The van der Waals surface area contributed by atoms with E-state index in [1.807, 2.05) is 18.2 Å². The van der Waals surface area contributed by atoms with Gasteiger partial charge >= 0.3 is 0 Å². The van der Waals surface area contributed by atoms with Gasteiger partial charge in [-0.05, 0) is 19.1 Å². The van der Waals surface area contributed by atoms with E-state index in [2.05, 4.69) is 0 Å². The second-order valence-electron chi connectivity index (χ2n) is 5.93. The van der Waals surface area contributed by atoms with Gasteiger partial charge in [-0.15, -0.1) is 11.8 Å². The number of para-hydroxylation sites is 1. The minimum absolute atomic E-state index is 0.170. The van der Waals surface area contributed by atoms with Crippen molar-refractivity contribution in [3.63, 3.8) is 0 Å². The highest BCUT2D eigenvalue weighted by molar-refractivity contribution is 8.01. The Bertz CT molecular complexity index is 840. The number of carbonyl (C=O) groups excluding carboxylic acids is 3. The van der Waals surface area contributed by atoms with E-state index < -0.39 is 17.2 Å². The number of amides is 2. The highest BCUT2D eigenvalue weighted by Gasteiger charge is 2.39. The number of nitrogens with zero attached hydrogens (tertiary/aromatic N) is 1. The second-order valence-corrected chi connectivity index (χ2v) is 7.17. The highest BCUT2D eigenvalue weighted by Crippen LogP contribution is 2.41. The number of benzene rings is 2. The van der Waals surface area contributed by atoms with Crippen LogP contribution in [0.15, 0.2) is 59.5 Å². The second kappa shape index (κ2) is 7.72. The van der Waals surface area contributed by atoms with Gasteiger partial charge in [-0.25, -0.2) is 5.48 Å². The lowest BCUT2D eigenvalue weighted by Crippen LogP contribution is -2.50. The fourth-order valence-electron chi connectivity index (χ4n) is 2.94. The monoisotopic (exact) mass is 370 g/mol. The summed E-state index contributed by atoms with van der Waals surface area (Å²) in [6.45, 7) is 1.68. The Kier molecular flexibility index (Phi) is 5.39. The molecule has 0 aromatic heterocycles. The number of ketones is 1. The molecule has 0 saturated heterocycles. The first-order chi connectivity index (χ1) is 12.5. The van der Waals surface area contributed by atoms with Crippen molar-refractivity contribution in [3.8, 4) is 0 Å². The fourth-order valence-corrected chi connectivity index (χ4v) is 4.14. The van der Waals surface area contributed by atoms with E-state index >= 15 is 0 Å². The molecule has 2 amide bonds. The lowest BCUT2D eigenvalue weighted by Gasteiger charge is -2.36. The number of anilines is 1. The van der Waals surface area contributed by atoms with Crippen LogP contribution in [0.3, 0.4) is 0 Å². The first-order valence-electron chi connectivity index (χ1n) is 8.14. The summed E-state index contributed by atoms with van der Waals surface area (Å²) < 4.78 is 0. The molecule has 26 heavy (non-hydrogen) atoms. The number of Topliss-reactive ketones (excluding diaryl/α,β-unsaturated/α-hetero) is 1. The Balaban J connectivity index is 1.96. The van der Waals surface area contributed by atoms with E-state index in [1.165, 1.54) is 16.7 Å². The maximum absolute atomic E-state index is 13.0. The molecule has 6 nitrogen and oxygen atoms in total. The Morgan fingerprint density at radius 3 is 2.50 bits per heavy atom. The molecular formula is C19H18N2O4S. The number of hydrogen-bond acceptors (Lipinski definition) is 5. The van der Waals surface area contributed by atoms with Gasteiger partial charge < -0.3 is 0 Å². The van der Waals surface area contributed by atoms with E-state index in [0.29, 0.717) is 11.3 Å². The van der Waals surface area contributed by atoms with Crippen LogP contribution in [0.4, 0.5) is 5.69 Å². The van der Waals surface area contributed by atoms with Crippen LogP contribution in [-0.4, -0.2) is 34.1 Å².